The third-order valence-corrected chi connectivity index (χ3v) is 2.21. The molecule has 1 amide bonds. The molecule has 0 bridgehead atoms. The van der Waals surface area contributed by atoms with Gasteiger partial charge in [0.15, 0.2) is 0 Å². The van der Waals surface area contributed by atoms with Gasteiger partial charge in [0, 0.05) is 19.2 Å². The molecule has 4 heteroatoms. The second-order valence-electron chi connectivity index (χ2n) is 3.69. The molecule has 3 N–H and O–H groups in total. The highest BCUT2D eigenvalue weighted by molar-refractivity contribution is 5.84. The van der Waals surface area contributed by atoms with E-state index in [1.807, 2.05) is 0 Å². The summed E-state index contributed by atoms with van der Waals surface area (Å²) >= 11 is 0. The highest BCUT2D eigenvalue weighted by Gasteiger charge is 2.38. The quantitative estimate of drug-likeness (QED) is 0.610. The maximum absolute atomic E-state index is 11.4. The summed E-state index contributed by atoms with van der Waals surface area (Å²) in [6.45, 7) is 3.46. The summed E-state index contributed by atoms with van der Waals surface area (Å²) in [5.74, 6) is -0.0945. The zero-order valence-electron chi connectivity index (χ0n) is 7.76. The van der Waals surface area contributed by atoms with Gasteiger partial charge in [-0.1, -0.05) is 0 Å². The molecule has 4 nitrogen and oxygen atoms in total. The highest BCUT2D eigenvalue weighted by Crippen LogP contribution is 2.19. The minimum Gasteiger partial charge on any atom is -0.369 e. The maximum atomic E-state index is 11.4. The third kappa shape index (κ3) is 1.95. The van der Waals surface area contributed by atoms with Gasteiger partial charge in [-0.25, -0.2) is 0 Å². The predicted octanol–water partition coefficient (Wildman–Crippen LogP) is -0.373. The van der Waals surface area contributed by atoms with E-state index in [9.17, 15) is 4.79 Å². The van der Waals surface area contributed by atoms with Crippen LogP contribution in [0.15, 0.2) is 0 Å². The number of rotatable bonds is 3. The summed E-state index contributed by atoms with van der Waals surface area (Å²) in [5, 5.41) is 2.81. The van der Waals surface area contributed by atoms with Crippen molar-refractivity contribution in [2.24, 2.45) is 5.73 Å². The van der Waals surface area contributed by atoms with Crippen LogP contribution in [0.4, 0.5) is 0 Å². The number of nitrogens with one attached hydrogen (secondary N) is 1. The van der Waals surface area contributed by atoms with Gasteiger partial charge >= 0.3 is 0 Å². The SMILES string of the molecule is COC(C)(C)C(=O)NC1CC1N. The Morgan fingerprint density at radius 2 is 2.17 bits per heavy atom. The van der Waals surface area contributed by atoms with E-state index in [2.05, 4.69) is 5.32 Å². The Labute approximate surface area is 72.5 Å². The zero-order valence-corrected chi connectivity index (χ0v) is 7.76. The molecule has 70 valence electrons. The average Bonchev–Trinajstić information content (AvgIpc) is 2.66. The van der Waals surface area contributed by atoms with Crippen molar-refractivity contribution in [3.63, 3.8) is 0 Å². The van der Waals surface area contributed by atoms with Crippen molar-refractivity contribution in [1.29, 1.82) is 0 Å². The van der Waals surface area contributed by atoms with Crippen molar-refractivity contribution in [1.82, 2.24) is 5.32 Å². The van der Waals surface area contributed by atoms with Crippen molar-refractivity contribution < 1.29 is 9.53 Å². The zero-order chi connectivity index (χ0) is 9.35. The molecule has 2 atom stereocenters. The van der Waals surface area contributed by atoms with Gasteiger partial charge in [0.2, 0.25) is 0 Å². The van der Waals surface area contributed by atoms with E-state index in [4.69, 9.17) is 10.5 Å². The Morgan fingerprint density at radius 1 is 1.67 bits per heavy atom. The number of nitrogens with two attached hydrogens (primary N) is 1. The molecule has 0 aliphatic heterocycles. The Balaban J connectivity index is 2.37. The van der Waals surface area contributed by atoms with Crippen LogP contribution in [0.3, 0.4) is 0 Å². The fourth-order valence-electron chi connectivity index (χ4n) is 0.815. The Morgan fingerprint density at radius 3 is 2.50 bits per heavy atom. The predicted molar refractivity (Wildman–Crippen MR) is 45.6 cm³/mol. The summed E-state index contributed by atoms with van der Waals surface area (Å²) in [7, 11) is 1.52. The van der Waals surface area contributed by atoms with E-state index in [1.54, 1.807) is 13.8 Å². The van der Waals surface area contributed by atoms with Gasteiger partial charge < -0.3 is 15.8 Å². The molecule has 1 aliphatic carbocycles. The second-order valence-corrected chi connectivity index (χ2v) is 3.69. The third-order valence-electron chi connectivity index (χ3n) is 2.21. The lowest BCUT2D eigenvalue weighted by molar-refractivity contribution is -0.139. The number of carbonyl (C=O) groups is 1. The Kier molecular flexibility index (Phi) is 2.39. The van der Waals surface area contributed by atoms with Crippen LogP contribution in [0.2, 0.25) is 0 Å². The molecule has 0 heterocycles. The van der Waals surface area contributed by atoms with E-state index < -0.39 is 5.60 Å². The largest absolute Gasteiger partial charge is 0.369 e. The fourth-order valence-corrected chi connectivity index (χ4v) is 0.815. The topological polar surface area (TPSA) is 64.3 Å². The molecule has 0 saturated heterocycles. The molecule has 2 unspecified atom stereocenters. The molecular weight excluding hydrogens is 156 g/mol. The van der Waals surface area contributed by atoms with Crippen LogP contribution in [-0.4, -0.2) is 30.7 Å². The van der Waals surface area contributed by atoms with Gasteiger partial charge in [-0.3, -0.25) is 4.79 Å². The van der Waals surface area contributed by atoms with Gasteiger partial charge in [-0.2, -0.15) is 0 Å². The van der Waals surface area contributed by atoms with E-state index in [1.165, 1.54) is 7.11 Å². The molecule has 1 fully saturated rings. The minimum atomic E-state index is -0.748. The number of hydrogen-bond acceptors (Lipinski definition) is 3. The van der Waals surface area contributed by atoms with Crippen LogP contribution in [0.5, 0.6) is 0 Å². The van der Waals surface area contributed by atoms with Crippen molar-refractivity contribution in [3.8, 4) is 0 Å². The number of amides is 1. The molecule has 0 radical (unpaired) electrons. The summed E-state index contributed by atoms with van der Waals surface area (Å²) in [6, 6.07) is 0.300. The van der Waals surface area contributed by atoms with Gasteiger partial charge in [0.1, 0.15) is 5.60 Å². The summed E-state index contributed by atoms with van der Waals surface area (Å²) in [5.41, 5.74) is 4.80. The number of carbonyl (C=O) groups excluding carboxylic acids is 1. The van der Waals surface area contributed by atoms with Crippen LogP contribution >= 0.6 is 0 Å². The monoisotopic (exact) mass is 172 g/mol. The van der Waals surface area contributed by atoms with Gasteiger partial charge in [-0.15, -0.1) is 0 Å². The molecule has 0 aromatic carbocycles. The molecular formula is C8H16N2O2. The lowest BCUT2D eigenvalue weighted by Crippen LogP contribution is -2.45. The van der Waals surface area contributed by atoms with Gasteiger partial charge in [0.05, 0.1) is 0 Å². The molecule has 0 aromatic heterocycles. The Hall–Kier alpha value is -0.610. The van der Waals surface area contributed by atoms with Gasteiger partial charge in [0.25, 0.3) is 5.91 Å². The maximum Gasteiger partial charge on any atom is 0.251 e. The molecule has 0 spiro atoms. The number of methoxy groups -OCH3 is 1. The van der Waals surface area contributed by atoms with Crippen LogP contribution < -0.4 is 11.1 Å². The van der Waals surface area contributed by atoms with Crippen LogP contribution in [0.1, 0.15) is 20.3 Å². The van der Waals surface area contributed by atoms with Gasteiger partial charge in [-0.05, 0) is 20.3 Å². The number of ether oxygens (including phenoxy) is 1. The van der Waals surface area contributed by atoms with E-state index >= 15 is 0 Å². The summed E-state index contributed by atoms with van der Waals surface area (Å²) < 4.78 is 5.01. The molecule has 0 aromatic rings. The minimum absolute atomic E-state index is 0.0945. The number of hydrogen-bond donors (Lipinski definition) is 2. The summed E-state index contributed by atoms with van der Waals surface area (Å²) in [6.07, 6.45) is 0.880. The lowest BCUT2D eigenvalue weighted by Gasteiger charge is -2.21. The average molecular weight is 172 g/mol. The normalized spacial score (nSPS) is 28.3. The fraction of sp³-hybridized carbons (Fsp3) is 0.875. The van der Waals surface area contributed by atoms with E-state index in [0.29, 0.717) is 0 Å². The van der Waals surface area contributed by atoms with E-state index in [-0.39, 0.29) is 18.0 Å². The first-order chi connectivity index (χ1) is 5.47. The highest BCUT2D eigenvalue weighted by atomic mass is 16.5. The van der Waals surface area contributed by atoms with E-state index in [0.717, 1.165) is 6.42 Å². The van der Waals surface area contributed by atoms with Crippen LogP contribution in [-0.2, 0) is 9.53 Å². The summed E-state index contributed by atoms with van der Waals surface area (Å²) in [4.78, 5) is 11.4. The van der Waals surface area contributed by atoms with Crippen molar-refractivity contribution in [3.05, 3.63) is 0 Å². The first kappa shape index (κ1) is 9.48. The van der Waals surface area contributed by atoms with Crippen LogP contribution in [0.25, 0.3) is 0 Å². The molecule has 12 heavy (non-hydrogen) atoms. The molecule has 1 rings (SSSR count). The lowest BCUT2D eigenvalue weighted by atomic mass is 10.1. The molecule has 1 saturated carbocycles. The molecule has 1 aliphatic rings. The van der Waals surface area contributed by atoms with Crippen molar-refractivity contribution in [2.75, 3.05) is 7.11 Å². The Bertz CT molecular complexity index is 191. The van der Waals surface area contributed by atoms with Crippen molar-refractivity contribution >= 4 is 5.91 Å². The first-order valence-corrected chi connectivity index (χ1v) is 4.09. The standard InChI is InChI=1S/C8H16N2O2/c1-8(2,12-3)7(11)10-6-4-5(6)9/h5-6H,4,9H2,1-3H3,(H,10,11). The van der Waals surface area contributed by atoms with Crippen LogP contribution in [0, 0.1) is 0 Å². The second kappa shape index (κ2) is 3.03. The van der Waals surface area contributed by atoms with Crippen molar-refractivity contribution in [2.45, 2.75) is 38.0 Å². The smallest absolute Gasteiger partial charge is 0.251 e. The first-order valence-electron chi connectivity index (χ1n) is 4.09.